The number of thiazole rings is 1. The summed E-state index contributed by atoms with van der Waals surface area (Å²) in [7, 11) is 0. The molecule has 8 heteroatoms. The van der Waals surface area contributed by atoms with Crippen LogP contribution in [0.15, 0.2) is 22.6 Å². The van der Waals surface area contributed by atoms with Crippen LogP contribution < -0.4 is 16.0 Å². The number of aromatic nitrogens is 1. The third-order valence-corrected chi connectivity index (χ3v) is 5.60. The van der Waals surface area contributed by atoms with E-state index in [2.05, 4.69) is 45.0 Å². The number of hydrogen-bond donors (Lipinski definition) is 3. The third-order valence-electron chi connectivity index (χ3n) is 3.46. The Morgan fingerprint density at radius 1 is 1.16 bits per heavy atom. The minimum atomic E-state index is -0.0746. The molecule has 0 saturated carbocycles. The van der Waals surface area contributed by atoms with Crippen LogP contribution in [0.4, 0.5) is 0 Å². The second-order valence-corrected chi connectivity index (χ2v) is 7.47. The Labute approximate surface area is 156 Å². The highest BCUT2D eigenvalue weighted by Gasteiger charge is 2.10. The van der Waals surface area contributed by atoms with Gasteiger partial charge in [0.05, 0.1) is 17.7 Å². The van der Waals surface area contributed by atoms with Crippen molar-refractivity contribution in [3.8, 4) is 0 Å². The molecule has 0 aliphatic carbocycles. The maximum atomic E-state index is 12.0. The van der Waals surface area contributed by atoms with Gasteiger partial charge in [-0.15, -0.1) is 22.7 Å². The molecule has 0 aromatic carbocycles. The van der Waals surface area contributed by atoms with Crippen LogP contribution in [0.2, 0.25) is 0 Å². The van der Waals surface area contributed by atoms with E-state index in [1.165, 1.54) is 21.1 Å². The van der Waals surface area contributed by atoms with E-state index < -0.39 is 0 Å². The maximum absolute atomic E-state index is 12.0. The standard InChI is InChI=1S/C17H25N5OS2/c1-4-13-6-7-14(25-13)10-21-17(18-5-2)20-9-8-19-16(23)15-12(3)22-11-24-15/h6-7,11H,4-5,8-10H2,1-3H3,(H,19,23)(H2,18,20,21). The average Bonchev–Trinajstić information content (AvgIpc) is 3.24. The summed E-state index contributed by atoms with van der Waals surface area (Å²) in [5.41, 5.74) is 2.46. The zero-order valence-corrected chi connectivity index (χ0v) is 16.5. The van der Waals surface area contributed by atoms with Gasteiger partial charge in [-0.3, -0.25) is 4.79 Å². The molecule has 0 bridgehead atoms. The van der Waals surface area contributed by atoms with Crippen LogP contribution in [0.5, 0.6) is 0 Å². The second-order valence-electron chi connectivity index (χ2n) is 5.37. The normalized spacial score (nSPS) is 11.4. The van der Waals surface area contributed by atoms with E-state index in [1.54, 1.807) is 16.8 Å². The summed E-state index contributed by atoms with van der Waals surface area (Å²) in [5.74, 6) is 0.687. The van der Waals surface area contributed by atoms with Crippen LogP contribution in [-0.2, 0) is 13.0 Å². The van der Waals surface area contributed by atoms with Crippen LogP contribution in [0.25, 0.3) is 0 Å². The van der Waals surface area contributed by atoms with Crippen molar-refractivity contribution in [1.82, 2.24) is 20.9 Å². The molecule has 2 heterocycles. The van der Waals surface area contributed by atoms with Crippen LogP contribution in [0, 0.1) is 6.92 Å². The minimum Gasteiger partial charge on any atom is -0.357 e. The van der Waals surface area contributed by atoms with Gasteiger partial charge in [0.25, 0.3) is 5.91 Å². The quantitative estimate of drug-likeness (QED) is 0.374. The molecule has 0 unspecified atom stereocenters. The molecule has 136 valence electrons. The van der Waals surface area contributed by atoms with Gasteiger partial charge >= 0.3 is 0 Å². The average molecular weight is 380 g/mol. The van der Waals surface area contributed by atoms with Gasteiger partial charge in [0.2, 0.25) is 0 Å². The molecule has 2 aromatic rings. The third kappa shape index (κ3) is 6.13. The lowest BCUT2D eigenvalue weighted by Gasteiger charge is -2.11. The number of hydrogen-bond acceptors (Lipinski definition) is 5. The van der Waals surface area contributed by atoms with Gasteiger partial charge in [0, 0.05) is 29.4 Å². The van der Waals surface area contributed by atoms with Gasteiger partial charge in [-0.25, -0.2) is 9.98 Å². The van der Waals surface area contributed by atoms with Gasteiger partial charge in [-0.1, -0.05) is 6.92 Å². The molecular weight excluding hydrogens is 354 g/mol. The summed E-state index contributed by atoms with van der Waals surface area (Å²) in [6.45, 7) is 8.63. The number of nitrogens with one attached hydrogen (secondary N) is 3. The number of carbonyl (C=O) groups is 1. The Hall–Kier alpha value is -1.93. The van der Waals surface area contributed by atoms with Gasteiger partial charge in [-0.05, 0) is 32.4 Å². The van der Waals surface area contributed by atoms with Crippen molar-refractivity contribution in [3.05, 3.63) is 38.0 Å². The fourth-order valence-electron chi connectivity index (χ4n) is 2.15. The summed E-state index contributed by atoms with van der Waals surface area (Å²) in [6.07, 6.45) is 1.06. The van der Waals surface area contributed by atoms with Crippen molar-refractivity contribution in [2.45, 2.75) is 33.7 Å². The summed E-state index contributed by atoms with van der Waals surface area (Å²) < 4.78 is 0. The van der Waals surface area contributed by atoms with E-state index in [1.807, 2.05) is 13.8 Å². The summed E-state index contributed by atoms with van der Waals surface area (Å²) in [4.78, 5) is 24.0. The molecule has 0 atom stereocenters. The predicted molar refractivity (Wildman–Crippen MR) is 106 cm³/mol. The Kier molecular flexibility index (Phi) is 7.87. The molecule has 0 aliphatic heterocycles. The highest BCUT2D eigenvalue weighted by atomic mass is 32.1. The first-order valence-electron chi connectivity index (χ1n) is 8.42. The number of aliphatic imine (C=N–C) groups is 1. The van der Waals surface area contributed by atoms with E-state index in [9.17, 15) is 4.79 Å². The summed E-state index contributed by atoms with van der Waals surface area (Å²) >= 11 is 3.16. The van der Waals surface area contributed by atoms with Crippen molar-refractivity contribution in [2.75, 3.05) is 19.6 Å². The molecule has 1 amide bonds. The topological polar surface area (TPSA) is 78.4 Å². The molecule has 0 saturated heterocycles. The predicted octanol–water partition coefficient (Wildman–Crippen LogP) is 2.56. The number of carbonyl (C=O) groups excluding carboxylic acids is 1. The smallest absolute Gasteiger partial charge is 0.263 e. The lowest BCUT2D eigenvalue weighted by molar-refractivity contribution is 0.0957. The zero-order valence-electron chi connectivity index (χ0n) is 14.9. The molecule has 0 fully saturated rings. The first-order chi connectivity index (χ1) is 12.1. The SMILES string of the molecule is CCNC(=NCc1ccc(CC)s1)NCCNC(=O)c1scnc1C. The number of aryl methyl sites for hydroxylation is 2. The van der Waals surface area contributed by atoms with E-state index in [4.69, 9.17) is 0 Å². The van der Waals surface area contributed by atoms with Crippen molar-refractivity contribution in [1.29, 1.82) is 0 Å². The van der Waals surface area contributed by atoms with Gasteiger partial charge in [0.15, 0.2) is 5.96 Å². The molecule has 0 aliphatic rings. The monoisotopic (exact) mass is 379 g/mol. The van der Waals surface area contributed by atoms with Crippen molar-refractivity contribution in [3.63, 3.8) is 0 Å². The number of nitrogens with zero attached hydrogens (tertiary/aromatic N) is 2. The van der Waals surface area contributed by atoms with Gasteiger partial charge < -0.3 is 16.0 Å². The highest BCUT2D eigenvalue weighted by Crippen LogP contribution is 2.17. The molecule has 6 nitrogen and oxygen atoms in total. The Morgan fingerprint density at radius 3 is 2.56 bits per heavy atom. The molecule has 25 heavy (non-hydrogen) atoms. The molecule has 2 rings (SSSR count). The van der Waals surface area contributed by atoms with E-state index in [-0.39, 0.29) is 5.91 Å². The van der Waals surface area contributed by atoms with Crippen molar-refractivity contribution >= 4 is 34.5 Å². The molecule has 0 spiro atoms. The van der Waals surface area contributed by atoms with Crippen LogP contribution in [0.1, 0.15) is 39.0 Å². The lowest BCUT2D eigenvalue weighted by Crippen LogP contribution is -2.41. The first kappa shape index (κ1) is 19.4. The van der Waals surface area contributed by atoms with Gasteiger partial charge in [0.1, 0.15) is 4.88 Å². The largest absolute Gasteiger partial charge is 0.357 e. The summed E-state index contributed by atoms with van der Waals surface area (Å²) in [6, 6.07) is 4.29. The first-order valence-corrected chi connectivity index (χ1v) is 10.1. The summed E-state index contributed by atoms with van der Waals surface area (Å²) in [5, 5.41) is 9.36. The lowest BCUT2D eigenvalue weighted by atomic mass is 10.4. The van der Waals surface area contributed by atoms with Crippen LogP contribution in [0.3, 0.4) is 0 Å². The molecule has 2 aromatic heterocycles. The van der Waals surface area contributed by atoms with E-state index in [0.717, 1.165) is 24.6 Å². The van der Waals surface area contributed by atoms with Crippen molar-refractivity contribution < 1.29 is 4.79 Å². The molecular formula is C17H25N5OS2. The Morgan fingerprint density at radius 2 is 1.92 bits per heavy atom. The fourth-order valence-corrected chi connectivity index (χ4v) is 3.75. The number of guanidine groups is 1. The van der Waals surface area contributed by atoms with E-state index in [0.29, 0.717) is 24.5 Å². The molecule has 3 N–H and O–H groups in total. The van der Waals surface area contributed by atoms with Crippen LogP contribution >= 0.6 is 22.7 Å². The highest BCUT2D eigenvalue weighted by molar-refractivity contribution is 7.12. The number of thiophene rings is 1. The van der Waals surface area contributed by atoms with Crippen molar-refractivity contribution in [2.24, 2.45) is 4.99 Å². The van der Waals surface area contributed by atoms with Crippen LogP contribution in [-0.4, -0.2) is 36.5 Å². The number of amides is 1. The molecule has 0 radical (unpaired) electrons. The maximum Gasteiger partial charge on any atom is 0.263 e. The Balaban J connectivity index is 1.77. The fraction of sp³-hybridized carbons (Fsp3) is 0.471. The Bertz CT molecular complexity index is 707. The van der Waals surface area contributed by atoms with E-state index >= 15 is 0 Å². The number of rotatable bonds is 8. The zero-order chi connectivity index (χ0) is 18.1. The van der Waals surface area contributed by atoms with Gasteiger partial charge in [-0.2, -0.15) is 0 Å². The second kappa shape index (κ2) is 10.1. The minimum absolute atomic E-state index is 0.0746.